The van der Waals surface area contributed by atoms with E-state index in [1.165, 1.54) is 11.1 Å². The van der Waals surface area contributed by atoms with Crippen molar-refractivity contribution in [3.05, 3.63) is 23.3 Å². The van der Waals surface area contributed by atoms with Crippen LogP contribution in [0.3, 0.4) is 0 Å². The second-order valence-electron chi connectivity index (χ2n) is 4.35. The normalized spacial score (nSPS) is 18.9. The quantitative estimate of drug-likeness (QED) is 0.786. The fourth-order valence-corrected chi connectivity index (χ4v) is 2.57. The SMILES string of the molecule is COc1cc2c(cc1OC)[C@@H](CCCl)OCCC2. The molecule has 0 amide bonds. The summed E-state index contributed by atoms with van der Waals surface area (Å²) >= 11 is 5.85. The van der Waals surface area contributed by atoms with Gasteiger partial charge in [-0.25, -0.2) is 0 Å². The highest BCUT2D eigenvalue weighted by Gasteiger charge is 2.21. The Morgan fingerprint density at radius 3 is 2.67 bits per heavy atom. The van der Waals surface area contributed by atoms with Gasteiger partial charge in [-0.2, -0.15) is 0 Å². The van der Waals surface area contributed by atoms with E-state index in [0.29, 0.717) is 5.88 Å². The van der Waals surface area contributed by atoms with Crippen LogP contribution in [0.4, 0.5) is 0 Å². The first kappa shape index (κ1) is 13.5. The molecule has 0 spiro atoms. The maximum atomic E-state index is 5.86. The maximum absolute atomic E-state index is 5.86. The van der Waals surface area contributed by atoms with Crippen LogP contribution in [0.25, 0.3) is 0 Å². The molecule has 0 fully saturated rings. The van der Waals surface area contributed by atoms with Gasteiger partial charge in [-0.3, -0.25) is 0 Å². The molecule has 4 heteroatoms. The monoisotopic (exact) mass is 270 g/mol. The van der Waals surface area contributed by atoms with Gasteiger partial charge in [0.25, 0.3) is 0 Å². The minimum atomic E-state index is 0.0693. The number of methoxy groups -OCH3 is 2. The molecule has 0 aliphatic carbocycles. The second kappa shape index (κ2) is 6.30. The Labute approximate surface area is 113 Å². The Hall–Kier alpha value is -0.930. The second-order valence-corrected chi connectivity index (χ2v) is 4.72. The molecule has 0 aromatic heterocycles. The molecular weight excluding hydrogens is 252 g/mol. The van der Waals surface area contributed by atoms with E-state index in [4.69, 9.17) is 25.8 Å². The summed E-state index contributed by atoms with van der Waals surface area (Å²) in [5.41, 5.74) is 2.46. The van der Waals surface area contributed by atoms with E-state index < -0.39 is 0 Å². The number of hydrogen-bond acceptors (Lipinski definition) is 3. The van der Waals surface area contributed by atoms with Gasteiger partial charge in [0.1, 0.15) is 0 Å². The maximum Gasteiger partial charge on any atom is 0.161 e. The number of hydrogen-bond donors (Lipinski definition) is 0. The van der Waals surface area contributed by atoms with Crippen molar-refractivity contribution in [1.29, 1.82) is 0 Å². The molecule has 1 atom stereocenters. The molecule has 0 unspecified atom stereocenters. The van der Waals surface area contributed by atoms with E-state index in [1.54, 1.807) is 14.2 Å². The Bertz CT molecular complexity index is 406. The lowest BCUT2D eigenvalue weighted by molar-refractivity contribution is 0.0544. The van der Waals surface area contributed by atoms with Gasteiger partial charge in [-0.15, -0.1) is 11.6 Å². The van der Waals surface area contributed by atoms with Crippen molar-refractivity contribution in [2.24, 2.45) is 0 Å². The molecule has 0 radical (unpaired) electrons. The van der Waals surface area contributed by atoms with Crippen molar-refractivity contribution >= 4 is 11.6 Å². The molecule has 0 bridgehead atoms. The predicted molar refractivity (Wildman–Crippen MR) is 71.9 cm³/mol. The topological polar surface area (TPSA) is 27.7 Å². The molecule has 1 aliphatic rings. The molecule has 1 aromatic carbocycles. The zero-order valence-electron chi connectivity index (χ0n) is 10.9. The molecule has 0 saturated carbocycles. The molecule has 0 N–H and O–H groups in total. The molecule has 1 aromatic rings. The smallest absolute Gasteiger partial charge is 0.161 e. The fourth-order valence-electron chi connectivity index (χ4n) is 2.37. The highest BCUT2D eigenvalue weighted by Crippen LogP contribution is 2.37. The largest absolute Gasteiger partial charge is 0.493 e. The summed E-state index contributed by atoms with van der Waals surface area (Å²) in [7, 11) is 3.31. The van der Waals surface area contributed by atoms with Crippen LogP contribution in [-0.2, 0) is 11.2 Å². The number of halogens is 1. The average molecular weight is 271 g/mol. The van der Waals surface area contributed by atoms with Crippen LogP contribution in [0.2, 0.25) is 0 Å². The Morgan fingerprint density at radius 1 is 1.28 bits per heavy atom. The summed E-state index contributed by atoms with van der Waals surface area (Å²) in [4.78, 5) is 0. The summed E-state index contributed by atoms with van der Waals surface area (Å²) in [5.74, 6) is 2.13. The Morgan fingerprint density at radius 2 is 2.00 bits per heavy atom. The highest BCUT2D eigenvalue weighted by molar-refractivity contribution is 6.17. The molecular formula is C14H19ClO3. The van der Waals surface area contributed by atoms with Crippen molar-refractivity contribution in [2.45, 2.75) is 25.4 Å². The predicted octanol–water partition coefficient (Wildman–Crippen LogP) is 3.34. The van der Waals surface area contributed by atoms with E-state index in [1.807, 2.05) is 6.07 Å². The lowest BCUT2D eigenvalue weighted by Gasteiger charge is -2.19. The van der Waals surface area contributed by atoms with Crippen molar-refractivity contribution in [3.8, 4) is 11.5 Å². The van der Waals surface area contributed by atoms with Crippen LogP contribution < -0.4 is 9.47 Å². The minimum Gasteiger partial charge on any atom is -0.493 e. The zero-order chi connectivity index (χ0) is 13.0. The van der Waals surface area contributed by atoms with Gasteiger partial charge in [0.15, 0.2) is 11.5 Å². The zero-order valence-corrected chi connectivity index (χ0v) is 11.6. The summed E-state index contributed by atoms with van der Waals surface area (Å²) in [5, 5.41) is 0. The lowest BCUT2D eigenvalue weighted by Crippen LogP contribution is -2.06. The number of benzene rings is 1. The Kier molecular flexibility index (Phi) is 4.72. The van der Waals surface area contributed by atoms with Crippen LogP contribution in [0.1, 0.15) is 30.1 Å². The van der Waals surface area contributed by atoms with Gasteiger partial charge in [0, 0.05) is 12.5 Å². The molecule has 1 heterocycles. The third-order valence-corrected chi connectivity index (χ3v) is 3.49. The van der Waals surface area contributed by atoms with Gasteiger partial charge >= 0.3 is 0 Å². The van der Waals surface area contributed by atoms with Crippen LogP contribution in [0, 0.1) is 0 Å². The lowest BCUT2D eigenvalue weighted by atomic mass is 9.97. The molecule has 18 heavy (non-hydrogen) atoms. The van der Waals surface area contributed by atoms with Crippen molar-refractivity contribution < 1.29 is 14.2 Å². The van der Waals surface area contributed by atoms with Crippen LogP contribution in [0.15, 0.2) is 12.1 Å². The molecule has 0 saturated heterocycles. The van der Waals surface area contributed by atoms with Gasteiger partial charge in [-0.05, 0) is 42.5 Å². The average Bonchev–Trinajstić information content (AvgIpc) is 2.60. The number of rotatable bonds is 4. The summed E-state index contributed by atoms with van der Waals surface area (Å²) < 4.78 is 16.6. The first-order valence-corrected chi connectivity index (χ1v) is 6.76. The summed E-state index contributed by atoms with van der Waals surface area (Å²) in [6.45, 7) is 0.779. The third kappa shape index (κ3) is 2.73. The minimum absolute atomic E-state index is 0.0693. The Balaban J connectivity index is 2.42. The van der Waals surface area contributed by atoms with Gasteiger partial charge in [-0.1, -0.05) is 0 Å². The molecule has 100 valence electrons. The first-order valence-electron chi connectivity index (χ1n) is 6.22. The van der Waals surface area contributed by atoms with E-state index in [0.717, 1.165) is 37.4 Å². The van der Waals surface area contributed by atoms with Crippen LogP contribution in [-0.4, -0.2) is 26.7 Å². The van der Waals surface area contributed by atoms with Gasteiger partial charge < -0.3 is 14.2 Å². The van der Waals surface area contributed by atoms with Crippen LogP contribution in [0.5, 0.6) is 11.5 Å². The van der Waals surface area contributed by atoms with E-state index >= 15 is 0 Å². The summed E-state index contributed by atoms with van der Waals surface area (Å²) in [6, 6.07) is 4.08. The fraction of sp³-hybridized carbons (Fsp3) is 0.571. The van der Waals surface area contributed by atoms with Gasteiger partial charge in [0.05, 0.1) is 20.3 Å². The van der Waals surface area contributed by atoms with Crippen molar-refractivity contribution in [1.82, 2.24) is 0 Å². The molecule has 1 aliphatic heterocycles. The first-order chi connectivity index (χ1) is 8.80. The van der Waals surface area contributed by atoms with Crippen molar-refractivity contribution in [3.63, 3.8) is 0 Å². The standard InChI is InChI=1S/C14H19ClO3/c1-16-13-8-10-4-3-7-18-12(5-6-15)11(10)9-14(13)17-2/h8-9,12H,3-7H2,1-2H3/t12-/m1/s1. The van der Waals surface area contributed by atoms with E-state index in [9.17, 15) is 0 Å². The van der Waals surface area contributed by atoms with E-state index in [2.05, 4.69) is 6.07 Å². The van der Waals surface area contributed by atoms with Crippen LogP contribution >= 0.6 is 11.6 Å². The highest BCUT2D eigenvalue weighted by atomic mass is 35.5. The number of alkyl halides is 1. The van der Waals surface area contributed by atoms with Gasteiger partial charge in [0.2, 0.25) is 0 Å². The molecule has 3 nitrogen and oxygen atoms in total. The summed E-state index contributed by atoms with van der Waals surface area (Å²) in [6.07, 6.45) is 2.93. The third-order valence-electron chi connectivity index (χ3n) is 3.27. The number of aryl methyl sites for hydroxylation is 1. The number of ether oxygens (including phenoxy) is 3. The molecule has 2 rings (SSSR count). The van der Waals surface area contributed by atoms with Crippen molar-refractivity contribution in [2.75, 3.05) is 26.7 Å². The van der Waals surface area contributed by atoms with E-state index in [-0.39, 0.29) is 6.10 Å². The number of fused-ring (bicyclic) bond motifs is 1.